The van der Waals surface area contributed by atoms with Gasteiger partial charge < -0.3 is 4.79 Å². The van der Waals surface area contributed by atoms with Crippen LogP contribution in [0, 0.1) is 0 Å². The van der Waals surface area contributed by atoms with Crippen LogP contribution in [0.25, 0.3) is 0 Å². The zero-order valence-corrected chi connectivity index (χ0v) is 4.64. The van der Waals surface area contributed by atoms with Gasteiger partial charge in [-0.25, -0.2) is 9.90 Å². The highest BCUT2D eigenvalue weighted by Gasteiger charge is 2.00. The molecule has 0 amide bonds. The van der Waals surface area contributed by atoms with Gasteiger partial charge >= 0.3 is 5.97 Å². The molecular weight excluding hydrogens is 108 g/mol. The maximum Gasteiger partial charge on any atom is 0.356 e. The van der Waals surface area contributed by atoms with Crippen LogP contribution in [0.5, 0.6) is 0 Å². The largest absolute Gasteiger partial charge is 0.356 e. The molecule has 0 saturated heterocycles. The van der Waals surface area contributed by atoms with Crippen molar-refractivity contribution in [2.45, 2.75) is 19.8 Å². The first-order chi connectivity index (χ1) is 3.63. The summed E-state index contributed by atoms with van der Waals surface area (Å²) in [6.07, 6.45) is -0.0718. The lowest BCUT2D eigenvalue weighted by molar-refractivity contribution is -0.144. The van der Waals surface area contributed by atoms with Crippen LogP contribution in [-0.2, 0) is 14.7 Å². The molecular formula is C5H7O3. The molecule has 0 unspecified atom stereocenters. The lowest BCUT2D eigenvalue weighted by Crippen LogP contribution is -1.96. The van der Waals surface area contributed by atoms with Gasteiger partial charge in [-0.05, 0) is 6.92 Å². The zero-order valence-electron chi connectivity index (χ0n) is 4.64. The van der Waals surface area contributed by atoms with Gasteiger partial charge in [0.15, 0.2) is 0 Å². The molecule has 0 saturated carbocycles. The molecule has 0 bridgehead atoms. The molecule has 3 nitrogen and oxygen atoms in total. The van der Waals surface area contributed by atoms with E-state index >= 15 is 0 Å². The molecule has 1 radical (unpaired) electrons. The van der Waals surface area contributed by atoms with Crippen LogP contribution in [0.3, 0.4) is 0 Å². The minimum Gasteiger partial charge on any atom is -0.300 e. The molecule has 0 N–H and O–H groups in total. The number of hydrogen-bond acceptors (Lipinski definition) is 2. The summed E-state index contributed by atoms with van der Waals surface area (Å²) >= 11 is 0. The van der Waals surface area contributed by atoms with Crippen LogP contribution >= 0.6 is 0 Å². The van der Waals surface area contributed by atoms with E-state index < -0.39 is 5.97 Å². The maximum atomic E-state index is 10.1. The second-order valence-electron chi connectivity index (χ2n) is 1.57. The van der Waals surface area contributed by atoms with Crippen LogP contribution in [0.4, 0.5) is 0 Å². The van der Waals surface area contributed by atoms with Crippen molar-refractivity contribution < 1.29 is 14.7 Å². The van der Waals surface area contributed by atoms with Gasteiger partial charge in [-0.3, -0.25) is 0 Å². The Morgan fingerprint density at radius 3 is 1.88 bits per heavy atom. The van der Waals surface area contributed by atoms with Gasteiger partial charge in [0, 0.05) is 6.42 Å². The van der Waals surface area contributed by atoms with Crippen molar-refractivity contribution in [3.8, 4) is 0 Å². The minimum atomic E-state index is -1.17. The monoisotopic (exact) mass is 115 g/mol. The van der Waals surface area contributed by atoms with Gasteiger partial charge in [0.2, 0.25) is 0 Å². The van der Waals surface area contributed by atoms with Gasteiger partial charge in [-0.15, -0.1) is 0 Å². The number of hydrogen-bond donors (Lipinski definition) is 0. The summed E-state index contributed by atoms with van der Waals surface area (Å²) in [5.41, 5.74) is 0. The van der Waals surface area contributed by atoms with E-state index in [4.69, 9.17) is 0 Å². The molecule has 0 aliphatic carbocycles. The number of Topliss-reactive ketones (excluding diaryl/α,β-unsaturated/α-hetero) is 1. The third-order valence-electron chi connectivity index (χ3n) is 0.681. The SMILES string of the molecule is CC(=O)CCC([O])=O. The second kappa shape index (κ2) is 3.18. The lowest BCUT2D eigenvalue weighted by atomic mass is 10.2. The second-order valence-corrected chi connectivity index (χ2v) is 1.57. The van der Waals surface area contributed by atoms with Crippen LogP contribution in [0.1, 0.15) is 19.8 Å². The third kappa shape index (κ3) is 5.14. The molecule has 0 aromatic heterocycles. The van der Waals surface area contributed by atoms with Crippen LogP contribution in [0.15, 0.2) is 0 Å². The molecule has 0 spiro atoms. The topological polar surface area (TPSA) is 54.0 Å². The first kappa shape index (κ1) is 7.14. The van der Waals surface area contributed by atoms with E-state index in [1.165, 1.54) is 6.92 Å². The normalized spacial score (nSPS) is 8.62. The van der Waals surface area contributed by atoms with Crippen molar-refractivity contribution in [1.82, 2.24) is 0 Å². The van der Waals surface area contributed by atoms with Crippen molar-refractivity contribution in [2.75, 3.05) is 0 Å². The molecule has 0 heterocycles. The van der Waals surface area contributed by atoms with E-state index in [-0.39, 0.29) is 18.6 Å². The highest BCUT2D eigenvalue weighted by molar-refractivity contribution is 5.80. The van der Waals surface area contributed by atoms with E-state index in [1.807, 2.05) is 0 Å². The number of carbonyl (C=O) groups is 2. The van der Waals surface area contributed by atoms with E-state index in [0.29, 0.717) is 0 Å². The summed E-state index contributed by atoms with van der Waals surface area (Å²) in [4.78, 5) is 19.7. The Balaban J connectivity index is 3.18. The molecule has 8 heavy (non-hydrogen) atoms. The fourth-order valence-corrected chi connectivity index (χ4v) is 0.278. The van der Waals surface area contributed by atoms with Crippen LogP contribution in [-0.4, -0.2) is 11.8 Å². The van der Waals surface area contributed by atoms with Gasteiger partial charge in [0.1, 0.15) is 5.78 Å². The Bertz CT molecular complexity index is 92.2. The summed E-state index contributed by atoms with van der Waals surface area (Å²) in [7, 11) is 0. The average molecular weight is 115 g/mol. The van der Waals surface area contributed by atoms with E-state index in [1.54, 1.807) is 0 Å². The quantitative estimate of drug-likeness (QED) is 0.531. The van der Waals surface area contributed by atoms with Gasteiger partial charge in [0.25, 0.3) is 0 Å². The zero-order chi connectivity index (χ0) is 6.57. The fourth-order valence-electron chi connectivity index (χ4n) is 0.278. The average Bonchev–Trinajstić information content (AvgIpc) is 1.61. The van der Waals surface area contributed by atoms with E-state index in [9.17, 15) is 14.7 Å². The molecule has 0 atom stereocenters. The summed E-state index contributed by atoms with van der Waals surface area (Å²) in [6.45, 7) is 1.35. The Morgan fingerprint density at radius 1 is 1.25 bits per heavy atom. The summed E-state index contributed by atoms with van der Waals surface area (Å²) < 4.78 is 0. The highest BCUT2D eigenvalue weighted by atomic mass is 16.4. The molecule has 3 heteroatoms. The number of carbonyl (C=O) groups excluding carboxylic acids is 2. The predicted octanol–water partition coefficient (Wildman–Crippen LogP) is 0.313. The van der Waals surface area contributed by atoms with Crippen LogP contribution < -0.4 is 0 Å². The Labute approximate surface area is 47.3 Å². The predicted molar refractivity (Wildman–Crippen MR) is 25.6 cm³/mol. The standard InChI is InChI=1S/C5H7O3/c1-4(6)2-3-5(7)8/h2-3H2,1H3. The molecule has 0 rings (SSSR count). The highest BCUT2D eigenvalue weighted by Crippen LogP contribution is 1.88. The Hall–Kier alpha value is -0.860. The minimum absolute atomic E-state index is 0.0856. The lowest BCUT2D eigenvalue weighted by Gasteiger charge is -1.83. The number of ketones is 1. The van der Waals surface area contributed by atoms with Crippen molar-refractivity contribution in [1.29, 1.82) is 0 Å². The van der Waals surface area contributed by atoms with Gasteiger partial charge in [-0.2, -0.15) is 0 Å². The molecule has 45 valence electrons. The van der Waals surface area contributed by atoms with E-state index in [0.717, 1.165) is 0 Å². The molecule has 0 fully saturated rings. The maximum absolute atomic E-state index is 10.1. The van der Waals surface area contributed by atoms with Crippen molar-refractivity contribution in [3.05, 3.63) is 0 Å². The first-order valence-electron chi connectivity index (χ1n) is 2.32. The number of rotatable bonds is 3. The molecule has 0 aromatic carbocycles. The summed E-state index contributed by atoms with van der Waals surface area (Å²) in [5.74, 6) is -1.28. The first-order valence-corrected chi connectivity index (χ1v) is 2.32. The summed E-state index contributed by atoms with van der Waals surface area (Å²) in [5, 5.41) is 9.64. The van der Waals surface area contributed by atoms with E-state index in [2.05, 4.69) is 0 Å². The van der Waals surface area contributed by atoms with Crippen LogP contribution in [0.2, 0.25) is 0 Å². The van der Waals surface area contributed by atoms with Gasteiger partial charge in [-0.1, -0.05) is 0 Å². The molecule has 0 aromatic rings. The van der Waals surface area contributed by atoms with Crippen molar-refractivity contribution in [2.24, 2.45) is 0 Å². The Kier molecular flexibility index (Phi) is 2.84. The fraction of sp³-hybridized carbons (Fsp3) is 0.600. The molecule has 0 aliphatic rings. The van der Waals surface area contributed by atoms with Gasteiger partial charge in [0.05, 0.1) is 6.42 Å². The van der Waals surface area contributed by atoms with Crippen molar-refractivity contribution in [3.63, 3.8) is 0 Å². The Morgan fingerprint density at radius 2 is 1.75 bits per heavy atom. The smallest absolute Gasteiger partial charge is 0.300 e. The summed E-state index contributed by atoms with van der Waals surface area (Å²) in [6, 6.07) is 0. The van der Waals surface area contributed by atoms with Crippen molar-refractivity contribution >= 4 is 11.8 Å². The molecule has 0 aliphatic heterocycles. The third-order valence-corrected chi connectivity index (χ3v) is 0.681.